The first-order valence-corrected chi connectivity index (χ1v) is 12.0. The van der Waals surface area contributed by atoms with Gasteiger partial charge in [-0.25, -0.2) is 0 Å². The zero-order valence-corrected chi connectivity index (χ0v) is 19.0. The maximum absolute atomic E-state index is 13.1. The van der Waals surface area contributed by atoms with Gasteiger partial charge in [-0.1, -0.05) is 25.0 Å². The minimum absolute atomic E-state index is 0.00364. The number of carbonyl (C=O) groups is 3. The molecule has 7 heteroatoms. The molecule has 0 spiro atoms. The Morgan fingerprint density at radius 3 is 2.20 bits per heavy atom. The zero-order chi connectivity index (χ0) is 21.5. The smallest absolute Gasteiger partial charge is 0.254 e. The van der Waals surface area contributed by atoms with E-state index >= 15 is 0 Å². The van der Waals surface area contributed by atoms with Crippen molar-refractivity contribution in [2.75, 3.05) is 46.0 Å². The predicted octanol–water partition coefficient (Wildman–Crippen LogP) is 3.12. The number of hydrogen-bond acceptors (Lipinski definition) is 4. The van der Waals surface area contributed by atoms with Crippen LogP contribution in [-0.2, 0) is 9.59 Å². The van der Waals surface area contributed by atoms with Crippen LogP contribution in [0.3, 0.4) is 0 Å². The molecular formula is C23H33N3O3S. The number of carbonyl (C=O) groups excluding carboxylic acids is 3. The largest absolute Gasteiger partial charge is 0.348 e. The highest BCUT2D eigenvalue weighted by atomic mass is 32.2. The second-order valence-electron chi connectivity index (χ2n) is 8.38. The van der Waals surface area contributed by atoms with Crippen LogP contribution >= 0.6 is 11.8 Å². The first-order valence-electron chi connectivity index (χ1n) is 11.0. The number of hydrogen-bond donors (Lipinski definition) is 0. The third-order valence-corrected chi connectivity index (χ3v) is 7.07. The second kappa shape index (κ2) is 10.8. The van der Waals surface area contributed by atoms with Gasteiger partial charge in [-0.15, -0.1) is 11.8 Å². The maximum Gasteiger partial charge on any atom is 0.254 e. The van der Waals surface area contributed by atoms with Crippen LogP contribution in [0.4, 0.5) is 0 Å². The van der Waals surface area contributed by atoms with Crippen LogP contribution in [-0.4, -0.2) is 78.4 Å². The summed E-state index contributed by atoms with van der Waals surface area (Å²) in [6.45, 7) is 2.99. The van der Waals surface area contributed by atoms with Crippen molar-refractivity contribution in [2.45, 2.75) is 43.4 Å². The normalized spacial score (nSPS) is 18.1. The molecule has 1 aromatic rings. The highest BCUT2D eigenvalue weighted by Gasteiger charge is 2.31. The van der Waals surface area contributed by atoms with Gasteiger partial charge in [0.2, 0.25) is 11.8 Å². The molecule has 0 unspecified atom stereocenters. The molecule has 2 heterocycles. The molecule has 3 rings (SSSR count). The van der Waals surface area contributed by atoms with Gasteiger partial charge in [-0.2, -0.15) is 0 Å². The summed E-state index contributed by atoms with van der Waals surface area (Å²) >= 11 is 1.40. The van der Waals surface area contributed by atoms with E-state index < -0.39 is 0 Å². The van der Waals surface area contributed by atoms with Crippen molar-refractivity contribution in [1.29, 1.82) is 0 Å². The Morgan fingerprint density at radius 1 is 0.933 bits per heavy atom. The Bertz CT molecular complexity index is 752. The van der Waals surface area contributed by atoms with Gasteiger partial charge in [0.15, 0.2) is 0 Å². The summed E-state index contributed by atoms with van der Waals surface area (Å²) in [5.74, 6) is 0.645. The molecule has 0 atom stereocenters. The van der Waals surface area contributed by atoms with Gasteiger partial charge in [-0.3, -0.25) is 14.4 Å². The van der Waals surface area contributed by atoms with Crippen LogP contribution < -0.4 is 0 Å². The monoisotopic (exact) mass is 431 g/mol. The van der Waals surface area contributed by atoms with Crippen molar-refractivity contribution in [2.24, 2.45) is 5.92 Å². The molecule has 0 bridgehead atoms. The predicted molar refractivity (Wildman–Crippen MR) is 120 cm³/mol. The van der Waals surface area contributed by atoms with E-state index in [4.69, 9.17) is 0 Å². The standard InChI is InChI=1S/C23H33N3O3S/c1-24(2)21(27)17-30-20-10-6-5-9-19(20)23(29)26-15-11-18(12-16-26)22(28)25-13-7-3-4-8-14-25/h5-6,9-10,18H,3-4,7-8,11-17H2,1-2H3. The lowest BCUT2D eigenvalue weighted by molar-refractivity contribution is -0.136. The molecule has 0 aliphatic carbocycles. The fraction of sp³-hybridized carbons (Fsp3) is 0.609. The molecule has 2 fully saturated rings. The summed E-state index contributed by atoms with van der Waals surface area (Å²) in [6, 6.07) is 7.49. The molecule has 2 aliphatic rings. The van der Waals surface area contributed by atoms with Crippen LogP contribution in [0, 0.1) is 5.92 Å². The molecule has 30 heavy (non-hydrogen) atoms. The Kier molecular flexibility index (Phi) is 8.19. The number of likely N-dealkylation sites (tertiary alicyclic amines) is 2. The van der Waals surface area contributed by atoms with Crippen LogP contribution in [0.15, 0.2) is 29.2 Å². The van der Waals surface area contributed by atoms with Gasteiger partial charge in [0.1, 0.15) is 0 Å². The summed E-state index contributed by atoms with van der Waals surface area (Å²) in [6.07, 6.45) is 6.11. The first-order chi connectivity index (χ1) is 14.5. The molecule has 0 N–H and O–H groups in total. The Hall–Kier alpha value is -2.02. The fourth-order valence-corrected chi connectivity index (χ4v) is 5.11. The van der Waals surface area contributed by atoms with Gasteiger partial charge < -0.3 is 14.7 Å². The summed E-state index contributed by atoms with van der Waals surface area (Å²) in [5, 5.41) is 0. The molecule has 1 aromatic carbocycles. The molecule has 0 radical (unpaired) electrons. The molecule has 2 aliphatic heterocycles. The van der Waals surface area contributed by atoms with E-state index in [2.05, 4.69) is 0 Å². The fourth-order valence-electron chi connectivity index (χ4n) is 4.09. The number of benzene rings is 1. The van der Waals surface area contributed by atoms with Crippen molar-refractivity contribution < 1.29 is 14.4 Å². The number of thioether (sulfide) groups is 1. The van der Waals surface area contributed by atoms with E-state index in [1.807, 2.05) is 34.1 Å². The molecule has 0 saturated carbocycles. The van der Waals surface area contributed by atoms with E-state index in [-0.39, 0.29) is 23.6 Å². The van der Waals surface area contributed by atoms with E-state index in [0.29, 0.717) is 24.4 Å². The maximum atomic E-state index is 13.1. The molecule has 164 valence electrons. The summed E-state index contributed by atoms with van der Waals surface area (Å²) in [7, 11) is 3.47. The van der Waals surface area contributed by atoms with Gasteiger partial charge in [0.25, 0.3) is 5.91 Å². The SMILES string of the molecule is CN(C)C(=O)CSc1ccccc1C(=O)N1CCC(C(=O)N2CCCCCC2)CC1. The molecular weight excluding hydrogens is 398 g/mol. The topological polar surface area (TPSA) is 60.9 Å². The van der Waals surface area contributed by atoms with Gasteiger partial charge in [0.05, 0.1) is 11.3 Å². The summed E-state index contributed by atoms with van der Waals surface area (Å²) in [5.41, 5.74) is 0.645. The highest BCUT2D eigenvalue weighted by molar-refractivity contribution is 8.00. The summed E-state index contributed by atoms with van der Waals surface area (Å²) < 4.78 is 0. The first kappa shape index (κ1) is 22.7. The zero-order valence-electron chi connectivity index (χ0n) is 18.1. The van der Waals surface area contributed by atoms with Crippen molar-refractivity contribution in [3.63, 3.8) is 0 Å². The van der Waals surface area contributed by atoms with Crippen molar-refractivity contribution in [3.8, 4) is 0 Å². The average Bonchev–Trinajstić information content (AvgIpc) is 3.06. The van der Waals surface area contributed by atoms with E-state index in [0.717, 1.165) is 43.7 Å². The lowest BCUT2D eigenvalue weighted by Crippen LogP contribution is -2.44. The Labute approximate surface area is 184 Å². The molecule has 0 aromatic heterocycles. The van der Waals surface area contributed by atoms with Gasteiger partial charge in [-0.05, 0) is 37.8 Å². The third-order valence-electron chi connectivity index (χ3n) is 6.02. The lowest BCUT2D eigenvalue weighted by Gasteiger charge is -2.34. The van der Waals surface area contributed by atoms with Crippen molar-refractivity contribution >= 4 is 29.5 Å². The van der Waals surface area contributed by atoms with Crippen molar-refractivity contribution in [3.05, 3.63) is 29.8 Å². The second-order valence-corrected chi connectivity index (χ2v) is 9.40. The average molecular weight is 432 g/mol. The van der Waals surface area contributed by atoms with Crippen LogP contribution in [0.25, 0.3) is 0 Å². The van der Waals surface area contributed by atoms with Crippen LogP contribution in [0.1, 0.15) is 48.9 Å². The number of amides is 3. The lowest BCUT2D eigenvalue weighted by atomic mass is 9.94. The van der Waals surface area contributed by atoms with E-state index in [9.17, 15) is 14.4 Å². The van der Waals surface area contributed by atoms with Gasteiger partial charge >= 0.3 is 0 Å². The molecule has 3 amide bonds. The highest BCUT2D eigenvalue weighted by Crippen LogP contribution is 2.27. The number of piperidine rings is 1. The van der Waals surface area contributed by atoms with E-state index in [1.54, 1.807) is 19.0 Å². The minimum atomic E-state index is -0.00364. The Morgan fingerprint density at radius 2 is 1.57 bits per heavy atom. The van der Waals surface area contributed by atoms with Gasteiger partial charge in [0, 0.05) is 51.1 Å². The van der Waals surface area contributed by atoms with Crippen LogP contribution in [0.2, 0.25) is 0 Å². The van der Waals surface area contributed by atoms with E-state index in [1.165, 1.54) is 24.6 Å². The number of nitrogens with zero attached hydrogens (tertiary/aromatic N) is 3. The molecule has 6 nitrogen and oxygen atoms in total. The minimum Gasteiger partial charge on any atom is -0.348 e. The molecule has 2 saturated heterocycles. The number of rotatable bonds is 5. The van der Waals surface area contributed by atoms with Crippen LogP contribution in [0.5, 0.6) is 0 Å². The van der Waals surface area contributed by atoms with Crippen molar-refractivity contribution in [1.82, 2.24) is 14.7 Å². The summed E-state index contributed by atoms with van der Waals surface area (Å²) in [4.78, 5) is 44.3. The third kappa shape index (κ3) is 5.78. The Balaban J connectivity index is 1.57. The quantitative estimate of drug-likeness (QED) is 0.672.